The Balaban J connectivity index is 1.47. The number of phenolic OH excluding ortho intramolecular Hbond substituents is 1. The number of anilines is 1. The molecule has 0 saturated heterocycles. The maximum atomic E-state index is 12.7. The maximum absolute atomic E-state index is 12.7. The number of carbonyl (C=O) groups excluding carboxylic acids is 2. The van der Waals surface area contributed by atoms with Gasteiger partial charge in [-0.25, -0.2) is 5.43 Å². The molecule has 6 nitrogen and oxygen atoms in total. The zero-order valence-electron chi connectivity index (χ0n) is 17.7. The van der Waals surface area contributed by atoms with E-state index in [2.05, 4.69) is 15.8 Å². The van der Waals surface area contributed by atoms with Gasteiger partial charge >= 0.3 is 0 Å². The number of aromatic hydroxyl groups is 1. The van der Waals surface area contributed by atoms with E-state index in [9.17, 15) is 14.7 Å². The van der Waals surface area contributed by atoms with Crippen LogP contribution in [-0.2, 0) is 0 Å². The summed E-state index contributed by atoms with van der Waals surface area (Å²) < 4.78 is 0. The first-order valence-electron chi connectivity index (χ1n) is 10.2. The zero-order valence-corrected chi connectivity index (χ0v) is 18.4. The molecular formula is C26H20ClN3O3. The fourth-order valence-electron chi connectivity index (χ4n) is 3.39. The Labute approximate surface area is 195 Å². The number of hydrazone groups is 1. The SMILES string of the molecule is C/C(=N/NC(=O)c1c(O)ccc2ccccc12)c1ccc(NC(=O)c2ccccc2Cl)cc1. The van der Waals surface area contributed by atoms with Gasteiger partial charge < -0.3 is 10.4 Å². The minimum atomic E-state index is -0.507. The highest BCUT2D eigenvalue weighted by atomic mass is 35.5. The molecule has 0 heterocycles. The molecule has 3 N–H and O–H groups in total. The van der Waals surface area contributed by atoms with Crippen molar-refractivity contribution in [3.8, 4) is 5.75 Å². The number of nitrogens with zero attached hydrogens (tertiary/aromatic N) is 1. The minimum Gasteiger partial charge on any atom is -0.507 e. The summed E-state index contributed by atoms with van der Waals surface area (Å²) in [5.74, 6) is -0.925. The third-order valence-electron chi connectivity index (χ3n) is 5.14. The standard InChI is InChI=1S/C26H20ClN3O3/c1-16(29-30-26(33)24-20-7-3-2-6-18(20)12-15-23(24)31)17-10-13-19(14-11-17)28-25(32)21-8-4-5-9-22(21)27/h2-15,31H,1H3,(H,28,32)(H,30,33)/b29-16-. The van der Waals surface area contributed by atoms with Crippen LogP contribution in [0.15, 0.2) is 90.0 Å². The van der Waals surface area contributed by atoms with Gasteiger partial charge in [0.1, 0.15) is 5.75 Å². The summed E-state index contributed by atoms with van der Waals surface area (Å²) in [6.45, 7) is 1.75. The lowest BCUT2D eigenvalue weighted by Crippen LogP contribution is -2.20. The average Bonchev–Trinajstić information content (AvgIpc) is 2.83. The Bertz CT molecular complexity index is 1380. The van der Waals surface area contributed by atoms with Gasteiger partial charge in [0, 0.05) is 5.69 Å². The van der Waals surface area contributed by atoms with E-state index < -0.39 is 5.91 Å². The van der Waals surface area contributed by atoms with Crippen molar-refractivity contribution in [2.24, 2.45) is 5.10 Å². The smallest absolute Gasteiger partial charge is 0.275 e. The molecule has 4 rings (SSSR count). The van der Waals surface area contributed by atoms with Crippen LogP contribution in [0.4, 0.5) is 5.69 Å². The van der Waals surface area contributed by atoms with E-state index in [0.717, 1.165) is 10.9 Å². The number of hydrogen-bond acceptors (Lipinski definition) is 4. The van der Waals surface area contributed by atoms with E-state index in [1.165, 1.54) is 6.07 Å². The molecule has 0 unspecified atom stereocenters. The van der Waals surface area contributed by atoms with Gasteiger partial charge in [-0.15, -0.1) is 0 Å². The molecule has 0 atom stereocenters. The normalized spacial score (nSPS) is 11.3. The van der Waals surface area contributed by atoms with Crippen molar-refractivity contribution in [3.05, 3.63) is 107 Å². The topological polar surface area (TPSA) is 90.8 Å². The molecule has 0 aliphatic heterocycles. The summed E-state index contributed by atoms with van der Waals surface area (Å²) in [4.78, 5) is 25.1. The van der Waals surface area contributed by atoms with Crippen molar-refractivity contribution in [3.63, 3.8) is 0 Å². The van der Waals surface area contributed by atoms with Gasteiger partial charge in [0.25, 0.3) is 11.8 Å². The predicted molar refractivity (Wildman–Crippen MR) is 131 cm³/mol. The molecule has 7 heteroatoms. The van der Waals surface area contributed by atoms with Crippen LogP contribution in [0, 0.1) is 0 Å². The van der Waals surface area contributed by atoms with Gasteiger partial charge in [0.15, 0.2) is 0 Å². The number of hydrogen-bond donors (Lipinski definition) is 3. The molecule has 33 heavy (non-hydrogen) atoms. The minimum absolute atomic E-state index is 0.113. The van der Waals surface area contributed by atoms with Crippen LogP contribution in [0.2, 0.25) is 5.02 Å². The number of rotatable bonds is 5. The van der Waals surface area contributed by atoms with Crippen molar-refractivity contribution in [2.45, 2.75) is 6.92 Å². The lowest BCUT2D eigenvalue weighted by molar-refractivity contribution is 0.0953. The van der Waals surface area contributed by atoms with Gasteiger partial charge in [0.05, 0.1) is 21.9 Å². The van der Waals surface area contributed by atoms with Crippen molar-refractivity contribution in [1.29, 1.82) is 0 Å². The Morgan fingerprint density at radius 2 is 1.55 bits per heavy atom. The first-order chi connectivity index (χ1) is 15.9. The quantitative estimate of drug-likeness (QED) is 0.269. The lowest BCUT2D eigenvalue weighted by Gasteiger charge is -2.09. The molecule has 0 fully saturated rings. The van der Waals surface area contributed by atoms with E-state index in [-0.39, 0.29) is 17.2 Å². The second-order valence-corrected chi connectivity index (χ2v) is 7.74. The third-order valence-corrected chi connectivity index (χ3v) is 5.47. The van der Waals surface area contributed by atoms with Crippen molar-refractivity contribution < 1.29 is 14.7 Å². The van der Waals surface area contributed by atoms with Gasteiger partial charge in [-0.1, -0.05) is 66.2 Å². The Morgan fingerprint density at radius 1 is 0.848 bits per heavy atom. The Morgan fingerprint density at radius 3 is 2.30 bits per heavy atom. The summed E-state index contributed by atoms with van der Waals surface area (Å²) in [6.07, 6.45) is 0. The second-order valence-electron chi connectivity index (χ2n) is 7.33. The number of amides is 2. The van der Waals surface area contributed by atoms with Crippen LogP contribution < -0.4 is 10.7 Å². The fraction of sp³-hybridized carbons (Fsp3) is 0.0385. The number of nitrogens with one attached hydrogen (secondary N) is 2. The molecule has 0 bridgehead atoms. The molecular weight excluding hydrogens is 438 g/mol. The molecule has 0 radical (unpaired) electrons. The number of benzene rings is 4. The monoisotopic (exact) mass is 457 g/mol. The summed E-state index contributed by atoms with van der Waals surface area (Å²) in [6, 6.07) is 24.4. The van der Waals surface area contributed by atoms with Gasteiger partial charge in [-0.05, 0) is 53.6 Å². The average molecular weight is 458 g/mol. The highest BCUT2D eigenvalue weighted by molar-refractivity contribution is 6.34. The fourth-order valence-corrected chi connectivity index (χ4v) is 3.61. The van der Waals surface area contributed by atoms with E-state index in [4.69, 9.17) is 11.6 Å². The molecule has 0 spiro atoms. The van der Waals surface area contributed by atoms with Crippen LogP contribution >= 0.6 is 11.6 Å². The molecule has 0 saturated carbocycles. The first-order valence-corrected chi connectivity index (χ1v) is 10.5. The zero-order chi connectivity index (χ0) is 23.4. The van der Waals surface area contributed by atoms with Crippen molar-refractivity contribution in [1.82, 2.24) is 5.43 Å². The van der Waals surface area contributed by atoms with Gasteiger partial charge in [-0.2, -0.15) is 5.10 Å². The Kier molecular flexibility index (Phi) is 6.38. The summed E-state index contributed by atoms with van der Waals surface area (Å²) in [7, 11) is 0. The Hall–Kier alpha value is -4.16. The van der Waals surface area contributed by atoms with E-state index in [0.29, 0.717) is 27.4 Å². The van der Waals surface area contributed by atoms with Crippen LogP contribution in [0.1, 0.15) is 33.2 Å². The highest BCUT2D eigenvalue weighted by Gasteiger charge is 2.15. The van der Waals surface area contributed by atoms with Crippen LogP contribution in [0.3, 0.4) is 0 Å². The first kappa shape index (κ1) is 22.0. The highest BCUT2D eigenvalue weighted by Crippen LogP contribution is 2.27. The molecule has 0 aliphatic rings. The number of carbonyl (C=O) groups is 2. The van der Waals surface area contributed by atoms with Crippen LogP contribution in [-0.4, -0.2) is 22.6 Å². The van der Waals surface area contributed by atoms with Crippen LogP contribution in [0.25, 0.3) is 10.8 Å². The summed E-state index contributed by atoms with van der Waals surface area (Å²) in [5.41, 5.74) is 4.99. The molecule has 4 aromatic carbocycles. The molecule has 0 aliphatic carbocycles. The lowest BCUT2D eigenvalue weighted by atomic mass is 10.0. The third kappa shape index (κ3) is 4.86. The summed E-state index contributed by atoms with van der Waals surface area (Å²) in [5, 5.41) is 19.0. The number of phenols is 1. The predicted octanol–water partition coefficient (Wildman–Crippen LogP) is 5.61. The molecule has 0 aromatic heterocycles. The molecule has 2 amide bonds. The van der Waals surface area contributed by atoms with Crippen molar-refractivity contribution in [2.75, 3.05) is 5.32 Å². The van der Waals surface area contributed by atoms with E-state index in [1.807, 2.05) is 12.1 Å². The largest absolute Gasteiger partial charge is 0.507 e. The van der Waals surface area contributed by atoms with E-state index in [1.54, 1.807) is 73.7 Å². The second kappa shape index (κ2) is 9.54. The van der Waals surface area contributed by atoms with E-state index >= 15 is 0 Å². The van der Waals surface area contributed by atoms with Crippen molar-refractivity contribution >= 4 is 45.6 Å². The van der Waals surface area contributed by atoms with Gasteiger partial charge in [0.2, 0.25) is 0 Å². The summed E-state index contributed by atoms with van der Waals surface area (Å²) >= 11 is 6.07. The molecule has 4 aromatic rings. The maximum Gasteiger partial charge on any atom is 0.275 e. The number of fused-ring (bicyclic) bond motifs is 1. The van der Waals surface area contributed by atoms with Crippen LogP contribution in [0.5, 0.6) is 5.75 Å². The van der Waals surface area contributed by atoms with Gasteiger partial charge in [-0.3, -0.25) is 9.59 Å². The molecule has 164 valence electrons. The number of halogens is 1.